The van der Waals surface area contributed by atoms with E-state index in [2.05, 4.69) is 5.32 Å². The Hall–Kier alpha value is -1.26. The van der Waals surface area contributed by atoms with Crippen molar-refractivity contribution in [3.8, 4) is 0 Å². The molecule has 1 aliphatic heterocycles. The Bertz CT molecular complexity index is 379. The van der Waals surface area contributed by atoms with Crippen LogP contribution in [0.2, 0.25) is 0 Å². The van der Waals surface area contributed by atoms with Crippen molar-refractivity contribution in [1.29, 1.82) is 0 Å². The minimum absolute atomic E-state index is 0. The Labute approximate surface area is 107 Å². The summed E-state index contributed by atoms with van der Waals surface area (Å²) in [6, 6.07) is 7.29. The zero-order valence-corrected chi connectivity index (χ0v) is 10.3. The average molecular weight is 257 g/mol. The molecule has 5 heteroatoms. The SMILES string of the molecule is Cl.Nc1ccccc1NC(=O)C1CCOCC1. The third-order valence-corrected chi connectivity index (χ3v) is 2.81. The van der Waals surface area contributed by atoms with Gasteiger partial charge >= 0.3 is 0 Å². The maximum atomic E-state index is 11.9. The number of benzene rings is 1. The van der Waals surface area contributed by atoms with Gasteiger partial charge in [0.25, 0.3) is 0 Å². The summed E-state index contributed by atoms with van der Waals surface area (Å²) in [5.74, 6) is 0.0922. The fraction of sp³-hybridized carbons (Fsp3) is 0.417. The second-order valence-electron chi connectivity index (χ2n) is 3.96. The summed E-state index contributed by atoms with van der Waals surface area (Å²) >= 11 is 0. The first-order valence-electron chi connectivity index (χ1n) is 5.50. The van der Waals surface area contributed by atoms with Gasteiger partial charge in [-0.3, -0.25) is 4.79 Å². The van der Waals surface area contributed by atoms with E-state index in [0.29, 0.717) is 24.6 Å². The molecule has 1 aromatic carbocycles. The van der Waals surface area contributed by atoms with Gasteiger partial charge in [-0.25, -0.2) is 0 Å². The Balaban J connectivity index is 0.00000144. The Morgan fingerprint density at radius 2 is 1.94 bits per heavy atom. The van der Waals surface area contributed by atoms with Crippen LogP contribution in [0.5, 0.6) is 0 Å². The maximum absolute atomic E-state index is 11.9. The predicted octanol–water partition coefficient (Wildman–Crippen LogP) is 2.06. The molecule has 3 N–H and O–H groups in total. The summed E-state index contributed by atoms with van der Waals surface area (Å²) in [4.78, 5) is 11.9. The number of ether oxygens (including phenoxy) is 1. The Morgan fingerprint density at radius 3 is 2.59 bits per heavy atom. The van der Waals surface area contributed by atoms with Crippen LogP contribution in [0.3, 0.4) is 0 Å². The van der Waals surface area contributed by atoms with Crippen LogP contribution >= 0.6 is 12.4 Å². The third kappa shape index (κ3) is 3.61. The summed E-state index contributed by atoms with van der Waals surface area (Å²) in [6.07, 6.45) is 1.58. The smallest absolute Gasteiger partial charge is 0.227 e. The van der Waals surface area contributed by atoms with Crippen molar-refractivity contribution in [3.05, 3.63) is 24.3 Å². The molecule has 1 saturated heterocycles. The monoisotopic (exact) mass is 256 g/mol. The van der Waals surface area contributed by atoms with E-state index in [4.69, 9.17) is 10.5 Å². The van der Waals surface area contributed by atoms with Gasteiger partial charge < -0.3 is 15.8 Å². The molecule has 0 saturated carbocycles. The molecule has 17 heavy (non-hydrogen) atoms. The van der Waals surface area contributed by atoms with Gasteiger partial charge in [0, 0.05) is 19.1 Å². The molecule has 0 bridgehead atoms. The lowest BCUT2D eigenvalue weighted by atomic mass is 9.99. The number of rotatable bonds is 2. The number of nitrogen functional groups attached to an aromatic ring is 1. The van der Waals surface area contributed by atoms with Crippen LogP contribution in [0.25, 0.3) is 0 Å². The number of amides is 1. The normalized spacial score (nSPS) is 16.0. The average Bonchev–Trinajstić information content (AvgIpc) is 2.33. The summed E-state index contributed by atoms with van der Waals surface area (Å²) in [6.45, 7) is 1.34. The molecule has 1 aliphatic rings. The topological polar surface area (TPSA) is 64.3 Å². The van der Waals surface area contributed by atoms with Crippen molar-refractivity contribution >= 4 is 29.7 Å². The molecule has 0 aromatic heterocycles. The van der Waals surface area contributed by atoms with E-state index >= 15 is 0 Å². The lowest BCUT2D eigenvalue weighted by Crippen LogP contribution is -2.28. The highest BCUT2D eigenvalue weighted by Crippen LogP contribution is 2.21. The molecule has 4 nitrogen and oxygen atoms in total. The minimum Gasteiger partial charge on any atom is -0.397 e. The summed E-state index contributed by atoms with van der Waals surface area (Å²) in [5, 5.41) is 2.86. The van der Waals surface area contributed by atoms with Crippen molar-refractivity contribution in [3.63, 3.8) is 0 Å². The van der Waals surface area contributed by atoms with Crippen LogP contribution in [0.15, 0.2) is 24.3 Å². The number of anilines is 2. The summed E-state index contributed by atoms with van der Waals surface area (Å²) < 4.78 is 5.22. The number of halogens is 1. The van der Waals surface area contributed by atoms with Gasteiger partial charge in [-0.2, -0.15) is 0 Å². The maximum Gasteiger partial charge on any atom is 0.227 e. The Kier molecular flexibility index (Phi) is 5.25. The van der Waals surface area contributed by atoms with E-state index in [1.807, 2.05) is 18.2 Å². The molecule has 1 heterocycles. The van der Waals surface area contributed by atoms with E-state index in [-0.39, 0.29) is 24.2 Å². The first-order valence-corrected chi connectivity index (χ1v) is 5.50. The highest BCUT2D eigenvalue weighted by Gasteiger charge is 2.21. The molecule has 94 valence electrons. The van der Waals surface area contributed by atoms with Crippen LogP contribution in [0.4, 0.5) is 11.4 Å². The van der Waals surface area contributed by atoms with Crippen LogP contribution < -0.4 is 11.1 Å². The molecule has 1 fully saturated rings. The quantitative estimate of drug-likeness (QED) is 0.796. The molecular weight excluding hydrogens is 240 g/mol. The number of carbonyl (C=O) groups excluding carboxylic acids is 1. The van der Waals surface area contributed by atoms with E-state index in [1.165, 1.54) is 0 Å². The second kappa shape index (κ2) is 6.47. The largest absolute Gasteiger partial charge is 0.397 e. The van der Waals surface area contributed by atoms with Gasteiger partial charge in [-0.1, -0.05) is 12.1 Å². The molecule has 0 atom stereocenters. The van der Waals surface area contributed by atoms with Crippen molar-refractivity contribution in [1.82, 2.24) is 0 Å². The number of nitrogens with one attached hydrogen (secondary N) is 1. The van der Waals surface area contributed by atoms with E-state index < -0.39 is 0 Å². The van der Waals surface area contributed by atoms with Crippen LogP contribution in [-0.2, 0) is 9.53 Å². The predicted molar refractivity (Wildman–Crippen MR) is 70.3 cm³/mol. The van der Waals surface area contributed by atoms with Gasteiger partial charge in [0.05, 0.1) is 11.4 Å². The summed E-state index contributed by atoms with van der Waals surface area (Å²) in [7, 11) is 0. The standard InChI is InChI=1S/C12H16N2O2.ClH/c13-10-3-1-2-4-11(10)14-12(15)9-5-7-16-8-6-9;/h1-4,9H,5-8,13H2,(H,14,15);1H. The number of para-hydroxylation sites is 2. The van der Waals surface area contributed by atoms with Crippen LogP contribution in [0, 0.1) is 5.92 Å². The van der Waals surface area contributed by atoms with Crippen LogP contribution in [-0.4, -0.2) is 19.1 Å². The first-order chi connectivity index (χ1) is 7.77. The third-order valence-electron chi connectivity index (χ3n) is 2.81. The number of hydrogen-bond acceptors (Lipinski definition) is 3. The highest BCUT2D eigenvalue weighted by atomic mass is 35.5. The fourth-order valence-electron chi connectivity index (χ4n) is 1.81. The van der Waals surface area contributed by atoms with E-state index in [1.54, 1.807) is 6.07 Å². The molecule has 2 rings (SSSR count). The van der Waals surface area contributed by atoms with Crippen LogP contribution in [0.1, 0.15) is 12.8 Å². The molecule has 1 amide bonds. The number of carbonyl (C=O) groups is 1. The van der Waals surface area contributed by atoms with Crippen molar-refractivity contribution in [2.45, 2.75) is 12.8 Å². The fourth-order valence-corrected chi connectivity index (χ4v) is 1.81. The molecule has 0 aliphatic carbocycles. The van der Waals surface area contributed by atoms with Crippen molar-refractivity contribution < 1.29 is 9.53 Å². The molecular formula is C12H17ClN2O2. The summed E-state index contributed by atoms with van der Waals surface area (Å²) in [5.41, 5.74) is 7.05. The molecule has 0 spiro atoms. The highest BCUT2D eigenvalue weighted by molar-refractivity contribution is 5.95. The van der Waals surface area contributed by atoms with Gasteiger partial charge in [-0.05, 0) is 25.0 Å². The molecule has 0 radical (unpaired) electrons. The van der Waals surface area contributed by atoms with E-state index in [9.17, 15) is 4.79 Å². The molecule has 0 unspecified atom stereocenters. The van der Waals surface area contributed by atoms with Gasteiger partial charge in [0.1, 0.15) is 0 Å². The zero-order valence-electron chi connectivity index (χ0n) is 9.52. The second-order valence-corrected chi connectivity index (χ2v) is 3.96. The number of nitrogens with two attached hydrogens (primary N) is 1. The van der Waals surface area contributed by atoms with Gasteiger partial charge in [0.15, 0.2) is 0 Å². The minimum atomic E-state index is 0. The van der Waals surface area contributed by atoms with E-state index in [0.717, 1.165) is 12.8 Å². The van der Waals surface area contributed by atoms with Gasteiger partial charge in [-0.15, -0.1) is 12.4 Å². The Morgan fingerprint density at radius 1 is 1.29 bits per heavy atom. The van der Waals surface area contributed by atoms with Crippen molar-refractivity contribution in [2.75, 3.05) is 24.3 Å². The van der Waals surface area contributed by atoms with Crippen molar-refractivity contribution in [2.24, 2.45) is 5.92 Å². The lowest BCUT2D eigenvalue weighted by molar-refractivity contribution is -0.122. The molecule has 1 aromatic rings. The van der Waals surface area contributed by atoms with Gasteiger partial charge in [0.2, 0.25) is 5.91 Å². The zero-order chi connectivity index (χ0) is 11.4. The number of hydrogen-bond donors (Lipinski definition) is 2. The first kappa shape index (κ1) is 13.8. The lowest BCUT2D eigenvalue weighted by Gasteiger charge is -2.21.